The van der Waals surface area contributed by atoms with Crippen LogP contribution in [0.1, 0.15) is 25.5 Å². The van der Waals surface area contributed by atoms with Gasteiger partial charge in [0, 0.05) is 6.61 Å². The van der Waals surface area contributed by atoms with Gasteiger partial charge in [0.2, 0.25) is 5.28 Å². The fraction of sp³-hybridized carbons (Fsp3) is 0.312. The van der Waals surface area contributed by atoms with E-state index in [-0.39, 0.29) is 11.5 Å². The van der Waals surface area contributed by atoms with E-state index < -0.39 is 0 Å². The molecule has 8 heteroatoms. The van der Waals surface area contributed by atoms with Gasteiger partial charge in [-0.3, -0.25) is 0 Å². The Bertz CT molecular complexity index is 874. The number of hydrogen-bond acceptors (Lipinski definition) is 6. The predicted octanol–water partition coefficient (Wildman–Crippen LogP) is 3.50. The van der Waals surface area contributed by atoms with Crippen molar-refractivity contribution in [3.8, 4) is 0 Å². The summed E-state index contributed by atoms with van der Waals surface area (Å²) in [6.45, 7) is 0.733. The third-order valence-corrected chi connectivity index (χ3v) is 4.24. The molecule has 3 N–H and O–H groups in total. The minimum atomic E-state index is -0.114. The number of nitrogens with zero attached hydrogens (tertiary/aromatic N) is 4. The lowest BCUT2D eigenvalue weighted by Gasteiger charge is -2.23. The van der Waals surface area contributed by atoms with E-state index >= 15 is 0 Å². The van der Waals surface area contributed by atoms with E-state index in [4.69, 9.17) is 22.1 Å². The molecule has 1 fully saturated rings. The molecule has 1 aromatic carbocycles. The van der Waals surface area contributed by atoms with Crippen LogP contribution in [-0.2, 0) is 4.74 Å². The number of nitrogens with two attached hydrogens (primary N) is 1. The Morgan fingerprint density at radius 2 is 2.12 bits per heavy atom. The van der Waals surface area contributed by atoms with Gasteiger partial charge in [-0.2, -0.15) is 15.1 Å². The molecular formula is C16H17ClN6O. The average Bonchev–Trinajstić information content (AvgIpc) is 3.01. The van der Waals surface area contributed by atoms with Crippen molar-refractivity contribution in [2.24, 2.45) is 0 Å². The van der Waals surface area contributed by atoms with Crippen LogP contribution in [0.15, 0.2) is 30.5 Å². The topological polar surface area (TPSA) is 90.9 Å². The highest BCUT2D eigenvalue weighted by molar-refractivity contribution is 6.28. The van der Waals surface area contributed by atoms with E-state index in [1.165, 1.54) is 0 Å². The molecule has 3 heterocycles. The summed E-state index contributed by atoms with van der Waals surface area (Å²) in [5, 5.41) is 8.59. The van der Waals surface area contributed by atoms with Crippen molar-refractivity contribution in [2.75, 3.05) is 17.7 Å². The van der Waals surface area contributed by atoms with Crippen LogP contribution in [-0.4, -0.2) is 26.4 Å². The van der Waals surface area contributed by atoms with Crippen molar-refractivity contribution in [1.82, 2.24) is 19.7 Å². The van der Waals surface area contributed by atoms with Crippen LogP contribution in [0.25, 0.3) is 11.0 Å². The Morgan fingerprint density at radius 3 is 2.92 bits per heavy atom. The number of anilines is 3. The highest BCUT2D eigenvalue weighted by Crippen LogP contribution is 2.31. The molecule has 3 aromatic rings. The number of halogens is 1. The van der Waals surface area contributed by atoms with Crippen molar-refractivity contribution in [3.05, 3.63) is 35.7 Å². The van der Waals surface area contributed by atoms with Gasteiger partial charge in [-0.25, -0.2) is 4.68 Å². The molecule has 1 saturated heterocycles. The zero-order chi connectivity index (χ0) is 16.5. The summed E-state index contributed by atoms with van der Waals surface area (Å²) in [6, 6.07) is 7.48. The SMILES string of the molecule is Nc1ccccc1Nc1nc(Cl)nc2c1cnn2C1CCCCO1. The van der Waals surface area contributed by atoms with Crippen LogP contribution in [0.5, 0.6) is 0 Å². The summed E-state index contributed by atoms with van der Waals surface area (Å²) in [6.07, 6.45) is 4.71. The number of rotatable bonds is 3. The summed E-state index contributed by atoms with van der Waals surface area (Å²) < 4.78 is 7.58. The van der Waals surface area contributed by atoms with Gasteiger partial charge in [-0.15, -0.1) is 0 Å². The molecule has 2 aromatic heterocycles. The quantitative estimate of drug-likeness (QED) is 0.558. The van der Waals surface area contributed by atoms with E-state index in [1.807, 2.05) is 24.3 Å². The van der Waals surface area contributed by atoms with Crippen molar-refractivity contribution < 1.29 is 4.74 Å². The second-order valence-electron chi connectivity index (χ2n) is 5.70. The number of benzene rings is 1. The Balaban J connectivity index is 1.76. The van der Waals surface area contributed by atoms with E-state index in [0.717, 1.165) is 36.9 Å². The molecule has 24 heavy (non-hydrogen) atoms. The smallest absolute Gasteiger partial charge is 0.226 e. The van der Waals surface area contributed by atoms with Crippen molar-refractivity contribution in [1.29, 1.82) is 0 Å². The van der Waals surface area contributed by atoms with Crippen molar-refractivity contribution in [2.45, 2.75) is 25.5 Å². The molecule has 1 aliphatic rings. The molecule has 0 bridgehead atoms. The van der Waals surface area contributed by atoms with E-state index in [1.54, 1.807) is 10.9 Å². The molecule has 1 atom stereocenters. The average molecular weight is 345 g/mol. The molecule has 1 aliphatic heterocycles. The largest absolute Gasteiger partial charge is 0.397 e. The molecule has 4 rings (SSSR count). The standard InChI is InChI=1S/C16H17ClN6O/c17-16-21-14(20-12-6-2-1-5-11(12)18)10-9-19-23(15(10)22-16)13-7-3-4-8-24-13/h1-2,5-6,9,13H,3-4,7-8,18H2,(H,20,21,22). The third-order valence-electron chi connectivity index (χ3n) is 4.07. The van der Waals surface area contributed by atoms with Crippen LogP contribution < -0.4 is 11.1 Å². The second kappa shape index (κ2) is 6.26. The van der Waals surface area contributed by atoms with Gasteiger partial charge in [-0.1, -0.05) is 12.1 Å². The fourth-order valence-electron chi connectivity index (χ4n) is 2.86. The molecule has 1 unspecified atom stereocenters. The second-order valence-corrected chi connectivity index (χ2v) is 6.04. The van der Waals surface area contributed by atoms with E-state index in [0.29, 0.717) is 17.2 Å². The number of fused-ring (bicyclic) bond motifs is 1. The third kappa shape index (κ3) is 2.76. The van der Waals surface area contributed by atoms with Gasteiger partial charge >= 0.3 is 0 Å². The van der Waals surface area contributed by atoms with Crippen LogP contribution in [0.4, 0.5) is 17.2 Å². The number of nitrogens with one attached hydrogen (secondary N) is 1. The van der Waals surface area contributed by atoms with Crippen LogP contribution in [0.2, 0.25) is 5.28 Å². The molecule has 0 radical (unpaired) electrons. The Hall–Kier alpha value is -2.38. The molecule has 0 saturated carbocycles. The highest BCUT2D eigenvalue weighted by Gasteiger charge is 2.21. The maximum absolute atomic E-state index is 6.12. The lowest BCUT2D eigenvalue weighted by molar-refractivity contribution is -0.0370. The zero-order valence-corrected chi connectivity index (χ0v) is 13.7. The number of ether oxygens (including phenoxy) is 1. The maximum atomic E-state index is 6.12. The first-order valence-corrected chi connectivity index (χ1v) is 8.24. The van der Waals surface area contributed by atoms with Gasteiger partial charge in [0.25, 0.3) is 0 Å². The molecule has 124 valence electrons. The maximum Gasteiger partial charge on any atom is 0.226 e. The normalized spacial score (nSPS) is 18.0. The number of nitrogen functional groups attached to an aromatic ring is 1. The van der Waals surface area contributed by atoms with Crippen LogP contribution >= 0.6 is 11.6 Å². The first-order valence-electron chi connectivity index (χ1n) is 7.86. The lowest BCUT2D eigenvalue weighted by Crippen LogP contribution is -2.19. The Labute approximate surface area is 143 Å². The summed E-state index contributed by atoms with van der Waals surface area (Å²) in [5.41, 5.74) is 8.03. The van der Waals surface area contributed by atoms with Gasteiger partial charge in [0.15, 0.2) is 11.9 Å². The summed E-state index contributed by atoms with van der Waals surface area (Å²) in [7, 11) is 0. The first-order chi connectivity index (χ1) is 11.7. The Kier molecular flexibility index (Phi) is 3.95. The van der Waals surface area contributed by atoms with Gasteiger partial charge < -0.3 is 15.8 Å². The molecule has 7 nitrogen and oxygen atoms in total. The van der Waals surface area contributed by atoms with Gasteiger partial charge in [-0.05, 0) is 43.0 Å². The van der Waals surface area contributed by atoms with E-state index in [2.05, 4.69) is 20.4 Å². The molecule has 0 spiro atoms. The van der Waals surface area contributed by atoms with Gasteiger partial charge in [0.05, 0.1) is 23.0 Å². The lowest BCUT2D eigenvalue weighted by atomic mass is 10.2. The molecular weight excluding hydrogens is 328 g/mol. The van der Waals surface area contributed by atoms with Crippen LogP contribution in [0.3, 0.4) is 0 Å². The van der Waals surface area contributed by atoms with E-state index in [9.17, 15) is 0 Å². The van der Waals surface area contributed by atoms with Gasteiger partial charge in [0.1, 0.15) is 5.82 Å². The number of aromatic nitrogens is 4. The zero-order valence-electron chi connectivity index (χ0n) is 12.9. The minimum absolute atomic E-state index is 0.114. The summed E-state index contributed by atoms with van der Waals surface area (Å²) in [5.74, 6) is 0.574. The minimum Gasteiger partial charge on any atom is -0.397 e. The molecule has 0 amide bonds. The Morgan fingerprint density at radius 1 is 1.25 bits per heavy atom. The highest BCUT2D eigenvalue weighted by atomic mass is 35.5. The van der Waals surface area contributed by atoms with Crippen molar-refractivity contribution in [3.63, 3.8) is 0 Å². The van der Waals surface area contributed by atoms with Crippen LogP contribution in [0, 0.1) is 0 Å². The molecule has 0 aliphatic carbocycles. The fourth-order valence-corrected chi connectivity index (χ4v) is 3.02. The predicted molar refractivity (Wildman–Crippen MR) is 93.3 cm³/mol. The number of hydrogen-bond donors (Lipinski definition) is 2. The monoisotopic (exact) mass is 344 g/mol. The number of para-hydroxylation sites is 2. The first kappa shape index (κ1) is 15.2. The summed E-state index contributed by atoms with van der Waals surface area (Å²) in [4.78, 5) is 8.63. The summed E-state index contributed by atoms with van der Waals surface area (Å²) >= 11 is 6.12. The van der Waals surface area contributed by atoms with Crippen molar-refractivity contribution >= 4 is 39.8 Å².